The first-order valence-electron chi connectivity index (χ1n) is 5.29. The summed E-state index contributed by atoms with van der Waals surface area (Å²) in [5.74, 6) is -0.788. The predicted molar refractivity (Wildman–Crippen MR) is 60.0 cm³/mol. The summed E-state index contributed by atoms with van der Waals surface area (Å²) in [5, 5.41) is 12.0. The molecule has 0 rings (SSSR count). The number of aliphatic carboxylic acids is 1. The van der Waals surface area contributed by atoms with Crippen LogP contribution in [0.4, 0.5) is 0 Å². The monoisotopic (exact) mass is 217 g/mol. The summed E-state index contributed by atoms with van der Waals surface area (Å²) in [6.07, 6.45) is 0. The predicted octanol–water partition coefficient (Wildman–Crippen LogP) is 1.50. The second-order valence-electron chi connectivity index (χ2n) is 4.99. The van der Waals surface area contributed by atoms with Gasteiger partial charge in [0.05, 0.1) is 11.0 Å². The van der Waals surface area contributed by atoms with Gasteiger partial charge in [-0.1, -0.05) is 0 Å². The van der Waals surface area contributed by atoms with Crippen LogP contribution in [0.3, 0.4) is 0 Å². The quantitative estimate of drug-likeness (QED) is 0.678. The molecule has 0 spiro atoms. The van der Waals surface area contributed by atoms with Gasteiger partial charge >= 0.3 is 5.97 Å². The highest BCUT2D eigenvalue weighted by molar-refractivity contribution is 5.73. The van der Waals surface area contributed by atoms with Gasteiger partial charge < -0.3 is 15.2 Å². The fourth-order valence-electron chi connectivity index (χ4n) is 1.19. The highest BCUT2D eigenvalue weighted by Crippen LogP contribution is 2.14. The average molecular weight is 217 g/mol. The summed E-state index contributed by atoms with van der Waals surface area (Å²) < 4.78 is 5.49. The molecule has 0 radical (unpaired) electrons. The molecule has 4 heteroatoms. The summed E-state index contributed by atoms with van der Waals surface area (Å²) in [5.41, 5.74) is -0.981. The minimum atomic E-state index is -0.788. The van der Waals surface area contributed by atoms with Crippen molar-refractivity contribution in [2.45, 2.75) is 40.2 Å². The van der Waals surface area contributed by atoms with Crippen molar-refractivity contribution in [1.82, 2.24) is 5.32 Å². The number of hydrogen-bond donors (Lipinski definition) is 2. The molecule has 15 heavy (non-hydrogen) atoms. The second-order valence-corrected chi connectivity index (χ2v) is 4.99. The summed E-state index contributed by atoms with van der Waals surface area (Å²) in [6.45, 7) is 11.1. The SMILES string of the molecule is CCOC(C)(C)CNCC(C)(C)C(=O)O. The molecule has 0 bridgehead atoms. The highest BCUT2D eigenvalue weighted by atomic mass is 16.5. The number of rotatable bonds is 7. The van der Waals surface area contributed by atoms with E-state index in [4.69, 9.17) is 9.84 Å². The fraction of sp³-hybridized carbons (Fsp3) is 0.909. The Balaban J connectivity index is 3.93. The molecule has 0 aromatic carbocycles. The Morgan fingerprint density at radius 1 is 1.27 bits per heavy atom. The van der Waals surface area contributed by atoms with Crippen LogP contribution >= 0.6 is 0 Å². The van der Waals surface area contributed by atoms with E-state index in [1.807, 2.05) is 20.8 Å². The van der Waals surface area contributed by atoms with Gasteiger partial charge in [-0.15, -0.1) is 0 Å². The molecule has 0 heterocycles. The van der Waals surface area contributed by atoms with E-state index < -0.39 is 11.4 Å². The van der Waals surface area contributed by atoms with Gasteiger partial charge in [0, 0.05) is 19.7 Å². The van der Waals surface area contributed by atoms with Crippen LogP contribution in [0.15, 0.2) is 0 Å². The Morgan fingerprint density at radius 3 is 2.20 bits per heavy atom. The van der Waals surface area contributed by atoms with Crippen LogP contribution in [-0.4, -0.2) is 36.4 Å². The van der Waals surface area contributed by atoms with Gasteiger partial charge in [-0.05, 0) is 34.6 Å². The molecule has 0 amide bonds. The average Bonchev–Trinajstić information content (AvgIpc) is 2.02. The Hall–Kier alpha value is -0.610. The van der Waals surface area contributed by atoms with Crippen LogP contribution in [0.5, 0.6) is 0 Å². The molecule has 4 nitrogen and oxygen atoms in total. The van der Waals surface area contributed by atoms with Gasteiger partial charge in [0.2, 0.25) is 0 Å². The number of carbonyl (C=O) groups is 1. The topological polar surface area (TPSA) is 58.6 Å². The first kappa shape index (κ1) is 14.4. The third-order valence-corrected chi connectivity index (χ3v) is 2.23. The van der Waals surface area contributed by atoms with Gasteiger partial charge in [-0.25, -0.2) is 0 Å². The zero-order valence-electron chi connectivity index (χ0n) is 10.4. The van der Waals surface area contributed by atoms with Crippen LogP contribution in [0.1, 0.15) is 34.6 Å². The van der Waals surface area contributed by atoms with Gasteiger partial charge in [0.25, 0.3) is 0 Å². The van der Waals surface area contributed by atoms with E-state index in [0.29, 0.717) is 19.7 Å². The van der Waals surface area contributed by atoms with E-state index in [0.717, 1.165) is 0 Å². The van der Waals surface area contributed by atoms with Crippen LogP contribution in [0.2, 0.25) is 0 Å². The minimum absolute atomic E-state index is 0.247. The summed E-state index contributed by atoms with van der Waals surface area (Å²) >= 11 is 0. The molecule has 0 saturated heterocycles. The largest absolute Gasteiger partial charge is 0.481 e. The second kappa shape index (κ2) is 5.47. The van der Waals surface area contributed by atoms with Crippen molar-refractivity contribution in [1.29, 1.82) is 0 Å². The molecule has 0 unspecified atom stereocenters. The standard InChI is InChI=1S/C11H23NO3/c1-6-15-11(4,5)8-12-7-10(2,3)9(13)14/h12H,6-8H2,1-5H3,(H,13,14). The molecule has 2 N–H and O–H groups in total. The molecule has 0 atom stereocenters. The lowest BCUT2D eigenvalue weighted by Crippen LogP contribution is -2.43. The van der Waals surface area contributed by atoms with Crippen molar-refractivity contribution < 1.29 is 14.6 Å². The van der Waals surface area contributed by atoms with Gasteiger partial charge in [-0.2, -0.15) is 0 Å². The molecular weight excluding hydrogens is 194 g/mol. The smallest absolute Gasteiger partial charge is 0.310 e. The van der Waals surface area contributed by atoms with Crippen LogP contribution in [-0.2, 0) is 9.53 Å². The van der Waals surface area contributed by atoms with Gasteiger partial charge in [-0.3, -0.25) is 4.79 Å². The van der Waals surface area contributed by atoms with Crippen LogP contribution < -0.4 is 5.32 Å². The molecule has 90 valence electrons. The van der Waals surface area contributed by atoms with Crippen molar-refractivity contribution in [3.63, 3.8) is 0 Å². The first-order chi connectivity index (χ1) is 6.71. The van der Waals surface area contributed by atoms with E-state index >= 15 is 0 Å². The molecule has 0 aromatic rings. The van der Waals surface area contributed by atoms with E-state index in [1.54, 1.807) is 13.8 Å². The van der Waals surface area contributed by atoms with E-state index in [2.05, 4.69) is 5.32 Å². The summed E-state index contributed by atoms with van der Waals surface area (Å²) in [6, 6.07) is 0. The minimum Gasteiger partial charge on any atom is -0.481 e. The van der Waals surface area contributed by atoms with Crippen LogP contribution in [0, 0.1) is 5.41 Å². The molecule has 0 fully saturated rings. The lowest BCUT2D eigenvalue weighted by Gasteiger charge is -2.27. The van der Waals surface area contributed by atoms with Crippen molar-refractivity contribution in [3.8, 4) is 0 Å². The van der Waals surface area contributed by atoms with E-state index in [9.17, 15) is 4.79 Å². The first-order valence-corrected chi connectivity index (χ1v) is 5.29. The van der Waals surface area contributed by atoms with Crippen molar-refractivity contribution in [2.75, 3.05) is 19.7 Å². The molecule has 0 aromatic heterocycles. The summed E-state index contributed by atoms with van der Waals surface area (Å²) in [4.78, 5) is 10.8. The molecule has 0 saturated carbocycles. The maximum atomic E-state index is 10.8. The third kappa shape index (κ3) is 5.74. The van der Waals surface area contributed by atoms with E-state index in [1.165, 1.54) is 0 Å². The number of carboxylic acids is 1. The van der Waals surface area contributed by atoms with Crippen LogP contribution in [0.25, 0.3) is 0 Å². The molecule has 0 aliphatic carbocycles. The third-order valence-electron chi connectivity index (χ3n) is 2.23. The number of ether oxygens (including phenoxy) is 1. The maximum absolute atomic E-state index is 10.8. The molecule has 0 aliphatic rings. The molecule has 0 aliphatic heterocycles. The van der Waals surface area contributed by atoms with Crippen molar-refractivity contribution in [3.05, 3.63) is 0 Å². The van der Waals surface area contributed by atoms with Gasteiger partial charge in [0.15, 0.2) is 0 Å². The van der Waals surface area contributed by atoms with Crippen molar-refractivity contribution in [2.24, 2.45) is 5.41 Å². The summed E-state index contributed by atoms with van der Waals surface area (Å²) in [7, 11) is 0. The Labute approximate surface area is 92.0 Å². The lowest BCUT2D eigenvalue weighted by atomic mass is 9.93. The Morgan fingerprint density at radius 2 is 1.80 bits per heavy atom. The van der Waals surface area contributed by atoms with E-state index in [-0.39, 0.29) is 5.60 Å². The fourth-order valence-corrected chi connectivity index (χ4v) is 1.19. The Bertz CT molecular complexity index is 212. The Kier molecular flexibility index (Phi) is 5.24. The van der Waals surface area contributed by atoms with Crippen molar-refractivity contribution >= 4 is 5.97 Å². The zero-order valence-corrected chi connectivity index (χ0v) is 10.4. The normalized spacial score (nSPS) is 12.9. The molecular formula is C11H23NO3. The lowest BCUT2D eigenvalue weighted by molar-refractivity contribution is -0.146. The number of carboxylic acid groups (broad SMARTS) is 1. The highest BCUT2D eigenvalue weighted by Gasteiger charge is 2.27. The number of nitrogens with one attached hydrogen (secondary N) is 1. The van der Waals surface area contributed by atoms with Gasteiger partial charge in [0.1, 0.15) is 0 Å². The maximum Gasteiger partial charge on any atom is 0.310 e. The zero-order chi connectivity index (χ0) is 12.1. The number of hydrogen-bond acceptors (Lipinski definition) is 3.